The van der Waals surface area contributed by atoms with E-state index in [1.165, 1.54) is 6.92 Å². The molecule has 0 amide bonds. The third-order valence-electron chi connectivity index (χ3n) is 0.802. The van der Waals surface area contributed by atoms with Crippen LogP contribution in [-0.2, 0) is 0 Å². The van der Waals surface area contributed by atoms with Crippen molar-refractivity contribution in [1.29, 1.82) is 0 Å². The minimum absolute atomic E-state index is 0.330. The highest BCUT2D eigenvalue weighted by Gasteiger charge is 2.05. The van der Waals surface area contributed by atoms with Crippen molar-refractivity contribution in [3.8, 4) is 0 Å². The van der Waals surface area contributed by atoms with Crippen LogP contribution in [0.3, 0.4) is 0 Å². The summed E-state index contributed by atoms with van der Waals surface area (Å²) in [6.07, 6.45) is 0. The lowest BCUT2D eigenvalue weighted by atomic mass is 10.8. The number of nitrogens with zero attached hydrogens (tertiary/aromatic N) is 5. The van der Waals surface area contributed by atoms with Crippen molar-refractivity contribution < 1.29 is 5.03 Å². The van der Waals surface area contributed by atoms with Crippen molar-refractivity contribution in [2.75, 3.05) is 5.53 Å². The van der Waals surface area contributed by atoms with Crippen LogP contribution in [0.2, 0.25) is 0 Å². The molecule has 8 nitrogen and oxygen atoms in total. The van der Waals surface area contributed by atoms with Gasteiger partial charge in [-0.1, -0.05) is 5.10 Å². The van der Waals surface area contributed by atoms with Crippen LogP contribution in [0.1, 0.15) is 5.82 Å². The summed E-state index contributed by atoms with van der Waals surface area (Å²) in [5, 5.41) is 18.9. The first-order valence-electron chi connectivity index (χ1n) is 2.36. The maximum atomic E-state index is 9.80. The highest BCUT2D eigenvalue weighted by molar-refractivity contribution is 4.73. The van der Waals surface area contributed by atoms with Gasteiger partial charge in [0.05, 0.1) is 10.2 Å². The molecular formula is C2H4N6O2. The maximum Gasteiger partial charge on any atom is 0.265 e. The molecule has 0 aliphatic rings. The van der Waals surface area contributed by atoms with Gasteiger partial charge in [-0.2, -0.15) is 0 Å². The maximum absolute atomic E-state index is 9.80. The molecule has 1 aromatic heterocycles. The Morgan fingerprint density at radius 2 is 2.50 bits per heavy atom. The molecule has 0 radical (unpaired) electrons. The van der Waals surface area contributed by atoms with Crippen LogP contribution in [0.4, 0.5) is 0 Å². The van der Waals surface area contributed by atoms with Gasteiger partial charge in [-0.25, -0.2) is 0 Å². The van der Waals surface area contributed by atoms with E-state index in [2.05, 4.69) is 15.5 Å². The number of aryl methyl sites for hydroxylation is 1. The average molecular weight is 144 g/mol. The Hall–Kier alpha value is -1.73. The van der Waals surface area contributed by atoms with E-state index in [-0.39, 0.29) is 0 Å². The zero-order valence-corrected chi connectivity index (χ0v) is 5.05. The van der Waals surface area contributed by atoms with Gasteiger partial charge in [0, 0.05) is 16.9 Å². The Morgan fingerprint density at radius 3 is 2.90 bits per heavy atom. The molecule has 54 valence electrons. The van der Waals surface area contributed by atoms with Gasteiger partial charge in [0.15, 0.2) is 0 Å². The fourth-order valence-electron chi connectivity index (χ4n) is 0.402. The van der Waals surface area contributed by atoms with Crippen molar-refractivity contribution in [1.82, 2.24) is 20.3 Å². The summed E-state index contributed by atoms with van der Waals surface area (Å²) in [5.41, 5.74) is 1.76. The summed E-state index contributed by atoms with van der Waals surface area (Å²) in [4.78, 5) is 10.7. The summed E-state index contributed by atoms with van der Waals surface area (Å²) in [6, 6.07) is 0. The Labute approximate surface area is 54.9 Å². The lowest BCUT2D eigenvalue weighted by Crippen LogP contribution is -2.23. The fraction of sp³-hybridized carbons (Fsp3) is 0.500. The predicted molar refractivity (Wildman–Crippen MR) is 28.9 cm³/mol. The van der Waals surface area contributed by atoms with Crippen LogP contribution < -0.4 is 5.53 Å². The molecule has 0 aromatic carbocycles. The molecule has 10 heavy (non-hydrogen) atoms. The van der Waals surface area contributed by atoms with E-state index in [0.717, 1.165) is 4.79 Å². The van der Waals surface area contributed by atoms with Gasteiger partial charge in [-0.3, -0.25) is 0 Å². The van der Waals surface area contributed by atoms with E-state index < -0.39 is 5.03 Å². The second kappa shape index (κ2) is 2.25. The monoisotopic (exact) mass is 144 g/mol. The van der Waals surface area contributed by atoms with E-state index in [0.29, 0.717) is 5.82 Å². The normalized spacial score (nSPS) is 9.30. The fourth-order valence-corrected chi connectivity index (χ4v) is 0.402. The van der Waals surface area contributed by atoms with Crippen LogP contribution in [0.25, 0.3) is 0 Å². The molecule has 0 atom stereocenters. The topological polar surface area (TPSA) is 98.8 Å². The standard InChI is InChI=1S/C2H4N6O2/c1-2-3-4-5-7(2)6-8(9)10/h6H,1H3. The minimum Gasteiger partial charge on any atom is -0.339 e. The van der Waals surface area contributed by atoms with Crippen LogP contribution in [0.5, 0.6) is 0 Å². The third-order valence-corrected chi connectivity index (χ3v) is 0.802. The first-order chi connectivity index (χ1) is 4.70. The number of hydrogen-bond donors (Lipinski definition) is 1. The second-order valence-electron chi connectivity index (χ2n) is 1.50. The zero-order valence-electron chi connectivity index (χ0n) is 5.05. The quantitative estimate of drug-likeness (QED) is 0.409. The largest absolute Gasteiger partial charge is 0.339 e. The molecule has 1 N–H and O–H groups in total. The molecule has 0 unspecified atom stereocenters. The van der Waals surface area contributed by atoms with Gasteiger partial charge in [-0.15, -0.1) is 0 Å². The zero-order chi connectivity index (χ0) is 7.56. The number of rotatable bonds is 2. The Kier molecular flexibility index (Phi) is 1.44. The van der Waals surface area contributed by atoms with E-state index in [1.54, 1.807) is 5.53 Å². The van der Waals surface area contributed by atoms with Crippen LogP contribution in [0, 0.1) is 17.0 Å². The number of tetrazole rings is 1. The molecule has 0 saturated heterocycles. The van der Waals surface area contributed by atoms with Crippen LogP contribution in [0.15, 0.2) is 0 Å². The number of aromatic nitrogens is 4. The Morgan fingerprint density at radius 1 is 1.80 bits per heavy atom. The van der Waals surface area contributed by atoms with Crippen molar-refractivity contribution in [2.45, 2.75) is 6.92 Å². The van der Waals surface area contributed by atoms with Gasteiger partial charge in [0.2, 0.25) is 0 Å². The van der Waals surface area contributed by atoms with Crippen molar-refractivity contribution in [2.24, 2.45) is 0 Å². The first kappa shape index (κ1) is 6.39. The summed E-state index contributed by atoms with van der Waals surface area (Å²) in [7, 11) is 0. The summed E-state index contributed by atoms with van der Waals surface area (Å²) < 4.78 is 0. The minimum atomic E-state index is -0.747. The first-order valence-corrected chi connectivity index (χ1v) is 2.36. The van der Waals surface area contributed by atoms with E-state index >= 15 is 0 Å². The van der Waals surface area contributed by atoms with Gasteiger partial charge in [0.1, 0.15) is 0 Å². The number of hydrogen-bond acceptors (Lipinski definition) is 5. The molecule has 1 rings (SSSR count). The molecule has 0 saturated carbocycles. The van der Waals surface area contributed by atoms with E-state index in [9.17, 15) is 10.1 Å². The third kappa shape index (κ3) is 1.16. The second-order valence-corrected chi connectivity index (χ2v) is 1.50. The SMILES string of the molecule is Cc1nnnn1N[N+](=O)[O-]. The molecule has 0 fully saturated rings. The van der Waals surface area contributed by atoms with Crippen LogP contribution in [-0.4, -0.2) is 25.3 Å². The molecule has 1 heterocycles. The summed E-state index contributed by atoms with van der Waals surface area (Å²) in [6.45, 7) is 1.54. The van der Waals surface area contributed by atoms with Crippen molar-refractivity contribution >= 4 is 0 Å². The lowest BCUT2D eigenvalue weighted by molar-refractivity contribution is -0.463. The van der Waals surface area contributed by atoms with Crippen LogP contribution >= 0.6 is 0 Å². The molecule has 0 aliphatic heterocycles. The Balaban J connectivity index is 2.74. The molecule has 0 aliphatic carbocycles. The number of hydrazine groups is 1. The molecular weight excluding hydrogens is 140 g/mol. The summed E-state index contributed by atoms with van der Waals surface area (Å²) >= 11 is 0. The summed E-state index contributed by atoms with van der Waals surface area (Å²) in [5.74, 6) is 0.330. The van der Waals surface area contributed by atoms with E-state index in [1.807, 2.05) is 0 Å². The molecule has 8 heteroatoms. The number of nitrogens with one attached hydrogen (secondary N) is 1. The highest BCUT2D eigenvalue weighted by Crippen LogP contribution is 1.81. The van der Waals surface area contributed by atoms with Gasteiger partial charge in [-0.05, 0) is 5.53 Å². The Bertz CT molecular complexity index is 242. The lowest BCUT2D eigenvalue weighted by Gasteiger charge is -1.92. The van der Waals surface area contributed by atoms with Gasteiger partial charge < -0.3 is 10.1 Å². The van der Waals surface area contributed by atoms with Gasteiger partial charge >= 0.3 is 0 Å². The van der Waals surface area contributed by atoms with Gasteiger partial charge in [0.25, 0.3) is 5.82 Å². The van der Waals surface area contributed by atoms with E-state index in [4.69, 9.17) is 0 Å². The molecule has 0 bridgehead atoms. The predicted octanol–water partition coefficient (Wildman–Crippen LogP) is -1.28. The smallest absolute Gasteiger partial charge is 0.265 e. The highest BCUT2D eigenvalue weighted by atomic mass is 16.7. The average Bonchev–Trinajstić information content (AvgIpc) is 2.15. The van der Waals surface area contributed by atoms with Crippen molar-refractivity contribution in [3.05, 3.63) is 15.9 Å². The molecule has 1 aromatic rings. The number of nitro groups is 1. The molecule has 0 spiro atoms. The van der Waals surface area contributed by atoms with Crippen molar-refractivity contribution in [3.63, 3.8) is 0 Å².